The van der Waals surface area contributed by atoms with Crippen LogP contribution in [0.15, 0.2) is 23.3 Å². The number of methoxy groups -OCH3 is 3. The van der Waals surface area contributed by atoms with Crippen LogP contribution in [-0.4, -0.2) is 134 Å². The Labute approximate surface area is 340 Å². The highest BCUT2D eigenvalue weighted by molar-refractivity contribution is 6.37. The summed E-state index contributed by atoms with van der Waals surface area (Å²) in [6.45, 7) is 11.8. The van der Waals surface area contributed by atoms with E-state index >= 15 is 0 Å². The van der Waals surface area contributed by atoms with Crippen LogP contribution in [0.25, 0.3) is 0 Å². The van der Waals surface area contributed by atoms with Crippen molar-refractivity contribution in [3.8, 4) is 0 Å². The highest BCUT2D eigenvalue weighted by Gasteiger charge is 2.40. The molecule has 3 fully saturated rings. The van der Waals surface area contributed by atoms with Gasteiger partial charge in [-0.3, -0.25) is 14.4 Å². The van der Waals surface area contributed by atoms with Crippen molar-refractivity contribution in [2.75, 3.05) is 41.1 Å². The number of ketones is 2. The van der Waals surface area contributed by atoms with Gasteiger partial charge in [0.25, 0.3) is 5.91 Å². The van der Waals surface area contributed by atoms with Crippen LogP contribution >= 0.6 is 0 Å². The third-order valence-corrected chi connectivity index (χ3v) is 12.4. The fraction of sp³-hybridized carbons (Fsp3) is 0.818. The van der Waals surface area contributed by atoms with E-state index in [0.29, 0.717) is 68.6 Å². The van der Waals surface area contributed by atoms with Crippen LogP contribution in [0.1, 0.15) is 112 Å². The van der Waals surface area contributed by atoms with Gasteiger partial charge >= 0.3 is 5.97 Å². The van der Waals surface area contributed by atoms with Crippen LogP contribution in [0.2, 0.25) is 0 Å². The van der Waals surface area contributed by atoms with E-state index in [1.54, 1.807) is 28.3 Å². The third kappa shape index (κ3) is 14.0. The Bertz CT molecular complexity index is 1370. The van der Waals surface area contributed by atoms with Gasteiger partial charge in [-0.05, 0) is 106 Å². The van der Waals surface area contributed by atoms with Crippen molar-refractivity contribution >= 4 is 23.4 Å². The van der Waals surface area contributed by atoms with Crippen LogP contribution in [0.3, 0.4) is 0 Å². The second kappa shape index (κ2) is 23.9. The fourth-order valence-corrected chi connectivity index (χ4v) is 9.06. The molecule has 3 rings (SSSR count). The van der Waals surface area contributed by atoms with E-state index in [2.05, 4.69) is 20.8 Å². The molecular formula is C44H73NO12. The van der Waals surface area contributed by atoms with Gasteiger partial charge in [0.2, 0.25) is 5.78 Å². The topological polar surface area (TPSA) is 178 Å². The largest absolute Gasteiger partial charge is 0.456 e. The molecule has 326 valence electrons. The number of hydrogen-bond donors (Lipinski definition) is 3. The lowest BCUT2D eigenvalue weighted by molar-refractivity contribution is -0.164. The maximum atomic E-state index is 13.9. The number of Topliss-reactive ketones (excluding diaryl/α,β-unsaturated/α-hetero) is 2. The molecule has 2 saturated heterocycles. The van der Waals surface area contributed by atoms with Crippen LogP contribution in [0.4, 0.5) is 0 Å². The van der Waals surface area contributed by atoms with Crippen molar-refractivity contribution in [1.82, 2.24) is 4.90 Å². The minimum absolute atomic E-state index is 0.0124. The van der Waals surface area contributed by atoms with Gasteiger partial charge in [-0.1, -0.05) is 46.8 Å². The van der Waals surface area contributed by atoms with Crippen molar-refractivity contribution in [3.05, 3.63) is 23.3 Å². The Morgan fingerprint density at radius 1 is 0.947 bits per heavy atom. The molecule has 13 heteroatoms. The van der Waals surface area contributed by atoms with E-state index in [0.717, 1.165) is 19.3 Å². The molecule has 57 heavy (non-hydrogen) atoms. The maximum absolute atomic E-state index is 13.9. The molecule has 0 aromatic rings. The molecule has 0 spiro atoms. The summed E-state index contributed by atoms with van der Waals surface area (Å²) in [5, 5.41) is 31.3. The van der Waals surface area contributed by atoms with Crippen LogP contribution in [0.5, 0.6) is 0 Å². The van der Waals surface area contributed by atoms with E-state index in [1.807, 2.05) is 26.0 Å². The molecule has 0 aromatic heterocycles. The predicted molar refractivity (Wildman–Crippen MR) is 215 cm³/mol. The molecule has 13 unspecified atom stereocenters. The monoisotopic (exact) mass is 808 g/mol. The van der Waals surface area contributed by atoms with Gasteiger partial charge in [0, 0.05) is 46.8 Å². The van der Waals surface area contributed by atoms with Crippen LogP contribution < -0.4 is 0 Å². The van der Waals surface area contributed by atoms with Gasteiger partial charge in [-0.15, -0.1) is 0 Å². The molecular weight excluding hydrogens is 734 g/mol. The summed E-state index contributed by atoms with van der Waals surface area (Å²) in [5.41, 5.74) is 1.30. The van der Waals surface area contributed by atoms with E-state index in [-0.39, 0.29) is 60.9 Å². The first-order chi connectivity index (χ1) is 27.1. The van der Waals surface area contributed by atoms with E-state index in [4.69, 9.17) is 23.7 Å². The van der Waals surface area contributed by atoms with Gasteiger partial charge in [0.1, 0.15) is 24.9 Å². The van der Waals surface area contributed by atoms with Gasteiger partial charge in [-0.25, -0.2) is 4.79 Å². The summed E-state index contributed by atoms with van der Waals surface area (Å²) < 4.78 is 29.5. The van der Waals surface area contributed by atoms with Gasteiger partial charge < -0.3 is 43.9 Å². The highest BCUT2D eigenvalue weighted by atomic mass is 16.6. The Kier molecular flexibility index (Phi) is 20.5. The standard InChI is InChI=1S/C44H73NO12/c1-10-32(18-26(2)17-27(3)19-39(54-8)42-40(55-9)20-28(4)25-56-42)36(49)23-35(48)30(6)41(29(5)21-31-14-15-34(47)38(22-31)53-7)57-44(52)33-13-11-12-16-45(33)43(51)37(50)24-46/h18,21,26-28,30-31,33-35,38-42,46-48H,10-17,19-20,22-25H2,1-9H3. The molecule has 2 aliphatic heterocycles. The summed E-state index contributed by atoms with van der Waals surface area (Å²) in [6.07, 6.45) is 6.86. The normalized spacial score (nSPS) is 29.5. The quantitative estimate of drug-likeness (QED) is 0.0628. The molecule has 1 aliphatic carbocycles. The Morgan fingerprint density at radius 3 is 2.28 bits per heavy atom. The Balaban J connectivity index is 1.76. The van der Waals surface area contributed by atoms with Crippen molar-refractivity contribution in [2.45, 2.75) is 161 Å². The number of nitrogens with zero attached hydrogens (tertiary/aromatic N) is 1. The molecule has 0 radical (unpaired) electrons. The molecule has 13 nitrogen and oxygen atoms in total. The Hall–Kier alpha value is -2.52. The number of carbonyl (C=O) groups excluding carboxylic acids is 4. The number of aliphatic hydroxyl groups excluding tert-OH is 3. The molecule has 13 atom stereocenters. The lowest BCUT2D eigenvalue weighted by Gasteiger charge is -2.38. The van der Waals surface area contributed by atoms with Crippen molar-refractivity contribution in [1.29, 1.82) is 0 Å². The van der Waals surface area contributed by atoms with Gasteiger partial charge in [0.15, 0.2) is 5.78 Å². The average Bonchev–Trinajstić information content (AvgIpc) is 3.20. The number of carbonyl (C=O) groups is 4. The average molecular weight is 808 g/mol. The summed E-state index contributed by atoms with van der Waals surface area (Å²) in [5.74, 6) is -2.73. The number of esters is 1. The number of aliphatic hydroxyl groups is 3. The minimum Gasteiger partial charge on any atom is -0.456 e. The van der Waals surface area contributed by atoms with Crippen LogP contribution in [0, 0.1) is 29.6 Å². The zero-order valence-electron chi connectivity index (χ0n) is 36.0. The zero-order chi connectivity index (χ0) is 42.4. The summed E-state index contributed by atoms with van der Waals surface area (Å²) in [4.78, 5) is 53.8. The second-order valence-corrected chi connectivity index (χ2v) is 17.1. The highest BCUT2D eigenvalue weighted by Crippen LogP contribution is 2.33. The number of piperidine rings is 1. The fourth-order valence-electron chi connectivity index (χ4n) is 9.06. The second-order valence-electron chi connectivity index (χ2n) is 17.1. The molecule has 2 heterocycles. The lowest BCUT2D eigenvalue weighted by atomic mass is 9.82. The Morgan fingerprint density at radius 2 is 1.65 bits per heavy atom. The lowest BCUT2D eigenvalue weighted by Crippen LogP contribution is -2.52. The summed E-state index contributed by atoms with van der Waals surface area (Å²) in [7, 11) is 4.99. The summed E-state index contributed by atoms with van der Waals surface area (Å²) in [6, 6.07) is -1.02. The van der Waals surface area contributed by atoms with Crippen molar-refractivity contribution in [3.63, 3.8) is 0 Å². The zero-order valence-corrected chi connectivity index (χ0v) is 36.0. The van der Waals surface area contributed by atoms with Crippen molar-refractivity contribution in [2.24, 2.45) is 29.6 Å². The molecule has 0 bridgehead atoms. The number of hydrogen-bond acceptors (Lipinski definition) is 12. The first kappa shape index (κ1) is 48.8. The number of amides is 1. The number of allylic oxidation sites excluding steroid dienone is 3. The van der Waals surface area contributed by atoms with Gasteiger partial charge in [-0.2, -0.15) is 0 Å². The number of rotatable bonds is 21. The van der Waals surface area contributed by atoms with Crippen LogP contribution in [-0.2, 0) is 42.9 Å². The SMILES string of the molecule is CCC(=CC(C)CC(C)CC(OC)C1OCC(C)CC1OC)C(=O)CC(O)C(C)C(OC(=O)C1CCCCN1C(=O)C(=O)CO)C(C)=CC1CCC(O)C(OC)C1. The molecule has 1 amide bonds. The van der Waals surface area contributed by atoms with Gasteiger partial charge in [0.05, 0.1) is 30.5 Å². The molecule has 1 saturated carbocycles. The first-order valence-corrected chi connectivity index (χ1v) is 21.2. The number of ether oxygens (including phenoxy) is 5. The predicted octanol–water partition coefficient (Wildman–Crippen LogP) is 4.76. The molecule has 3 aliphatic rings. The number of likely N-dealkylation sites (tertiary alicyclic amines) is 1. The summed E-state index contributed by atoms with van der Waals surface area (Å²) >= 11 is 0. The smallest absolute Gasteiger partial charge is 0.329 e. The van der Waals surface area contributed by atoms with Crippen molar-refractivity contribution < 1.29 is 58.2 Å². The molecule has 0 aromatic carbocycles. The minimum atomic E-state index is -1.17. The molecule has 3 N–H and O–H groups in total. The van der Waals surface area contributed by atoms with E-state index in [9.17, 15) is 34.5 Å². The first-order valence-electron chi connectivity index (χ1n) is 21.2. The van der Waals surface area contributed by atoms with E-state index < -0.39 is 54.5 Å². The maximum Gasteiger partial charge on any atom is 0.329 e. The van der Waals surface area contributed by atoms with E-state index in [1.165, 1.54) is 4.90 Å². The third-order valence-electron chi connectivity index (χ3n) is 12.4.